The van der Waals surface area contributed by atoms with E-state index >= 15 is 0 Å². The lowest BCUT2D eigenvalue weighted by Crippen LogP contribution is -2.30. The van der Waals surface area contributed by atoms with Crippen molar-refractivity contribution in [2.45, 2.75) is 323 Å². The molecule has 0 aliphatic rings. The maximum absolute atomic E-state index is 12.8. The maximum Gasteiger partial charge on any atom is 0.306 e. The van der Waals surface area contributed by atoms with Gasteiger partial charge in [0.15, 0.2) is 6.10 Å². The molecule has 6 heteroatoms. The fraction of sp³-hybridized carbons (Fsp3) is 0.947. The number of carbonyl (C=O) groups excluding carboxylic acids is 3. The first-order chi connectivity index (χ1) is 30.8. The Morgan fingerprint density at radius 2 is 0.603 bits per heavy atom. The molecule has 0 aromatic carbocycles. The monoisotopic (exact) mass is 891 g/mol. The van der Waals surface area contributed by atoms with E-state index < -0.39 is 6.10 Å². The largest absolute Gasteiger partial charge is 0.462 e. The van der Waals surface area contributed by atoms with Gasteiger partial charge in [0.1, 0.15) is 13.2 Å². The molecule has 6 nitrogen and oxygen atoms in total. The average molecular weight is 892 g/mol. The first kappa shape index (κ1) is 61.4. The van der Waals surface area contributed by atoms with Gasteiger partial charge in [0.05, 0.1) is 0 Å². The third-order valence-corrected chi connectivity index (χ3v) is 13.3. The number of rotatable bonds is 51. The van der Waals surface area contributed by atoms with Gasteiger partial charge in [-0.25, -0.2) is 0 Å². The van der Waals surface area contributed by atoms with Crippen LogP contribution in [-0.2, 0) is 28.6 Å². The minimum Gasteiger partial charge on any atom is -0.462 e. The van der Waals surface area contributed by atoms with Crippen molar-refractivity contribution >= 4 is 17.9 Å². The van der Waals surface area contributed by atoms with Gasteiger partial charge in [-0.05, 0) is 31.1 Å². The van der Waals surface area contributed by atoms with Crippen LogP contribution in [-0.4, -0.2) is 37.2 Å². The summed E-state index contributed by atoms with van der Waals surface area (Å²) in [5, 5.41) is 0. The number of esters is 3. The molecular weight excluding hydrogens is 781 g/mol. The molecule has 0 spiro atoms. The van der Waals surface area contributed by atoms with E-state index in [-0.39, 0.29) is 31.1 Å². The lowest BCUT2D eigenvalue weighted by molar-refractivity contribution is -0.167. The molecule has 0 saturated heterocycles. The summed E-state index contributed by atoms with van der Waals surface area (Å²) in [4.78, 5) is 38.1. The zero-order chi connectivity index (χ0) is 46.1. The Labute approximate surface area is 393 Å². The molecule has 374 valence electrons. The summed E-state index contributed by atoms with van der Waals surface area (Å²) in [6.45, 7) is 11.4. The molecule has 0 N–H and O–H groups in total. The van der Waals surface area contributed by atoms with Crippen LogP contribution in [0.5, 0.6) is 0 Å². The van der Waals surface area contributed by atoms with E-state index in [2.05, 4.69) is 34.6 Å². The maximum atomic E-state index is 12.8. The van der Waals surface area contributed by atoms with Crippen molar-refractivity contribution in [2.24, 2.45) is 11.8 Å². The van der Waals surface area contributed by atoms with Gasteiger partial charge in [-0.1, -0.05) is 279 Å². The number of carbonyl (C=O) groups is 3. The van der Waals surface area contributed by atoms with Gasteiger partial charge >= 0.3 is 17.9 Å². The Morgan fingerprint density at radius 1 is 0.333 bits per heavy atom. The molecule has 0 radical (unpaired) electrons. The number of hydrogen-bond donors (Lipinski definition) is 0. The first-order valence-corrected chi connectivity index (χ1v) is 28.3. The molecule has 63 heavy (non-hydrogen) atoms. The molecule has 0 rings (SSSR count). The molecule has 0 aliphatic heterocycles. The minimum absolute atomic E-state index is 0.0631. The average Bonchev–Trinajstić information content (AvgIpc) is 3.27. The quantitative estimate of drug-likeness (QED) is 0.0344. The van der Waals surface area contributed by atoms with Crippen molar-refractivity contribution in [2.75, 3.05) is 13.2 Å². The Morgan fingerprint density at radius 3 is 0.905 bits per heavy atom. The highest BCUT2D eigenvalue weighted by Gasteiger charge is 2.19. The third kappa shape index (κ3) is 49.7. The number of unbranched alkanes of at least 4 members (excludes halogenated alkanes) is 35. The summed E-state index contributed by atoms with van der Waals surface area (Å²) in [7, 11) is 0. The summed E-state index contributed by atoms with van der Waals surface area (Å²) in [5.74, 6) is 0.862. The molecular formula is C57H110O6. The second kappa shape index (κ2) is 49.8. The van der Waals surface area contributed by atoms with Crippen molar-refractivity contribution < 1.29 is 28.6 Å². The summed E-state index contributed by atoms with van der Waals surface area (Å²) < 4.78 is 16.9. The highest BCUT2D eigenvalue weighted by atomic mass is 16.6. The van der Waals surface area contributed by atoms with Crippen LogP contribution in [0.2, 0.25) is 0 Å². The predicted octanol–water partition coefficient (Wildman–Crippen LogP) is 18.5. The fourth-order valence-corrected chi connectivity index (χ4v) is 8.66. The van der Waals surface area contributed by atoms with Gasteiger partial charge < -0.3 is 14.2 Å². The molecule has 0 bridgehead atoms. The Bertz CT molecular complexity index is 964. The molecule has 0 amide bonds. The predicted molar refractivity (Wildman–Crippen MR) is 270 cm³/mol. The molecule has 0 aliphatic carbocycles. The first-order valence-electron chi connectivity index (χ1n) is 28.3. The Kier molecular flexibility index (Phi) is 48.6. The Hall–Kier alpha value is -1.59. The molecule has 2 atom stereocenters. The van der Waals surface area contributed by atoms with Crippen LogP contribution in [0.4, 0.5) is 0 Å². The van der Waals surface area contributed by atoms with Crippen LogP contribution < -0.4 is 0 Å². The van der Waals surface area contributed by atoms with Gasteiger partial charge in [-0.3, -0.25) is 14.4 Å². The normalized spacial score (nSPS) is 12.5. The van der Waals surface area contributed by atoms with Gasteiger partial charge in [-0.15, -0.1) is 0 Å². The van der Waals surface area contributed by atoms with Crippen LogP contribution in [0, 0.1) is 11.8 Å². The summed E-state index contributed by atoms with van der Waals surface area (Å²) in [6, 6.07) is 0. The lowest BCUT2D eigenvalue weighted by Gasteiger charge is -2.18. The van der Waals surface area contributed by atoms with Crippen molar-refractivity contribution in [1.29, 1.82) is 0 Å². The van der Waals surface area contributed by atoms with Crippen molar-refractivity contribution in [1.82, 2.24) is 0 Å². The van der Waals surface area contributed by atoms with Crippen molar-refractivity contribution in [3.8, 4) is 0 Å². The van der Waals surface area contributed by atoms with Crippen molar-refractivity contribution in [3.63, 3.8) is 0 Å². The van der Waals surface area contributed by atoms with Crippen LogP contribution in [0.1, 0.15) is 317 Å². The van der Waals surface area contributed by atoms with E-state index in [1.54, 1.807) is 0 Å². The molecule has 0 aromatic heterocycles. The van der Waals surface area contributed by atoms with Crippen LogP contribution in [0.3, 0.4) is 0 Å². The zero-order valence-electron chi connectivity index (χ0n) is 43.2. The van der Waals surface area contributed by atoms with E-state index in [9.17, 15) is 14.4 Å². The second-order valence-electron chi connectivity index (χ2n) is 20.3. The van der Waals surface area contributed by atoms with Gasteiger partial charge in [0.2, 0.25) is 0 Å². The van der Waals surface area contributed by atoms with Gasteiger partial charge in [-0.2, -0.15) is 0 Å². The molecule has 0 heterocycles. The number of ether oxygens (including phenoxy) is 3. The summed E-state index contributed by atoms with van der Waals surface area (Å²) in [6.07, 6.45) is 52.3. The lowest BCUT2D eigenvalue weighted by atomic mass is 9.99. The topological polar surface area (TPSA) is 78.9 Å². The van der Waals surface area contributed by atoms with Gasteiger partial charge in [0.25, 0.3) is 0 Å². The van der Waals surface area contributed by atoms with E-state index in [1.807, 2.05) is 0 Å². The SMILES string of the molecule is CCCCCCCCCCCCCCCCCC(=O)O[C@H](COC(=O)CCCCCCCCCCCCCCCCC(C)CC)COC(=O)CCCCCCCCCCCC(C)C. The standard InChI is InChI=1S/C57H110O6/c1-6-8-9-10-11-12-13-14-15-20-23-28-34-39-44-49-57(60)63-54(51-62-56(59)48-43-38-33-29-24-25-30-35-40-45-52(3)4)50-61-55(58)47-42-37-32-27-22-19-17-16-18-21-26-31-36-41-46-53(5)7-2/h52-54H,6-51H2,1-5H3/t53?,54-/m1/s1. The number of hydrogen-bond acceptors (Lipinski definition) is 6. The van der Waals surface area contributed by atoms with Crippen LogP contribution >= 0.6 is 0 Å². The highest BCUT2D eigenvalue weighted by Crippen LogP contribution is 2.18. The second-order valence-corrected chi connectivity index (χ2v) is 20.3. The Balaban J connectivity index is 4.28. The molecule has 1 unspecified atom stereocenters. The van der Waals surface area contributed by atoms with Crippen LogP contribution in [0.25, 0.3) is 0 Å². The van der Waals surface area contributed by atoms with Crippen LogP contribution in [0.15, 0.2) is 0 Å². The molecule has 0 aromatic rings. The molecule has 0 fully saturated rings. The van der Waals surface area contributed by atoms with Crippen molar-refractivity contribution in [3.05, 3.63) is 0 Å². The van der Waals surface area contributed by atoms with E-state index in [0.717, 1.165) is 69.6 Å². The van der Waals surface area contributed by atoms with Gasteiger partial charge in [0, 0.05) is 19.3 Å². The van der Waals surface area contributed by atoms with E-state index in [4.69, 9.17) is 14.2 Å². The van der Waals surface area contributed by atoms with E-state index in [1.165, 1.54) is 205 Å². The van der Waals surface area contributed by atoms with E-state index in [0.29, 0.717) is 19.3 Å². The third-order valence-electron chi connectivity index (χ3n) is 13.3. The smallest absolute Gasteiger partial charge is 0.306 e. The summed E-state index contributed by atoms with van der Waals surface area (Å²) in [5.41, 5.74) is 0. The fourth-order valence-electron chi connectivity index (χ4n) is 8.66. The zero-order valence-corrected chi connectivity index (χ0v) is 43.2. The minimum atomic E-state index is -0.762. The molecule has 0 saturated carbocycles. The highest BCUT2D eigenvalue weighted by molar-refractivity contribution is 5.71. The summed E-state index contributed by atoms with van der Waals surface area (Å²) >= 11 is 0.